The predicted octanol–water partition coefficient (Wildman–Crippen LogP) is 0.788. The SMILES string of the molecule is CC(=O)N1CCN(C(=O)c2cc(NCc3cccnc3)ncn2)CC1. The van der Waals surface area contributed by atoms with Crippen molar-refractivity contribution in [2.75, 3.05) is 31.5 Å². The molecule has 2 amide bonds. The fourth-order valence-corrected chi connectivity index (χ4v) is 2.65. The van der Waals surface area contributed by atoms with Crippen molar-refractivity contribution in [2.45, 2.75) is 13.5 Å². The molecule has 130 valence electrons. The molecule has 0 saturated carbocycles. The molecular formula is C17H20N6O2. The predicted molar refractivity (Wildman–Crippen MR) is 91.8 cm³/mol. The summed E-state index contributed by atoms with van der Waals surface area (Å²) in [5, 5.41) is 3.17. The standard InChI is InChI=1S/C17H20N6O2/c1-13(24)22-5-7-23(8-6-22)17(25)15-9-16(21-12-20-15)19-11-14-3-2-4-18-10-14/h2-4,9-10,12H,5-8,11H2,1H3,(H,19,20,21). The van der Waals surface area contributed by atoms with Crippen molar-refractivity contribution in [3.63, 3.8) is 0 Å². The van der Waals surface area contributed by atoms with Gasteiger partial charge in [0.25, 0.3) is 5.91 Å². The average Bonchev–Trinajstić information content (AvgIpc) is 2.67. The fourth-order valence-electron chi connectivity index (χ4n) is 2.65. The summed E-state index contributed by atoms with van der Waals surface area (Å²) in [6, 6.07) is 5.48. The van der Waals surface area contributed by atoms with E-state index in [9.17, 15) is 9.59 Å². The Morgan fingerprint density at radius 3 is 2.60 bits per heavy atom. The lowest BCUT2D eigenvalue weighted by molar-refractivity contribution is -0.130. The number of amides is 2. The Kier molecular flexibility index (Phi) is 5.17. The van der Waals surface area contributed by atoms with Gasteiger partial charge in [0.2, 0.25) is 5.91 Å². The highest BCUT2D eigenvalue weighted by atomic mass is 16.2. The molecule has 0 aliphatic carbocycles. The van der Waals surface area contributed by atoms with Gasteiger partial charge in [0, 0.05) is 58.1 Å². The number of carbonyl (C=O) groups excluding carboxylic acids is 2. The van der Waals surface area contributed by atoms with Gasteiger partial charge >= 0.3 is 0 Å². The van der Waals surface area contributed by atoms with Crippen LogP contribution in [0.1, 0.15) is 23.0 Å². The van der Waals surface area contributed by atoms with Crippen LogP contribution in [0.15, 0.2) is 36.9 Å². The summed E-state index contributed by atoms with van der Waals surface area (Å²) < 4.78 is 0. The van der Waals surface area contributed by atoms with Crippen LogP contribution >= 0.6 is 0 Å². The molecule has 1 aliphatic heterocycles. The van der Waals surface area contributed by atoms with E-state index in [4.69, 9.17) is 0 Å². The molecule has 0 unspecified atom stereocenters. The van der Waals surface area contributed by atoms with Gasteiger partial charge in [-0.25, -0.2) is 9.97 Å². The summed E-state index contributed by atoms with van der Waals surface area (Å²) in [7, 11) is 0. The zero-order valence-electron chi connectivity index (χ0n) is 14.1. The van der Waals surface area contributed by atoms with Crippen LogP contribution in [0, 0.1) is 0 Å². The number of nitrogens with one attached hydrogen (secondary N) is 1. The van der Waals surface area contributed by atoms with Gasteiger partial charge in [0.05, 0.1) is 0 Å². The van der Waals surface area contributed by atoms with Crippen molar-refractivity contribution in [1.29, 1.82) is 0 Å². The molecule has 0 atom stereocenters. The minimum atomic E-state index is -0.143. The number of anilines is 1. The van der Waals surface area contributed by atoms with Gasteiger partial charge in [-0.15, -0.1) is 0 Å². The lowest BCUT2D eigenvalue weighted by Crippen LogP contribution is -2.50. The highest BCUT2D eigenvalue weighted by molar-refractivity contribution is 5.93. The van der Waals surface area contributed by atoms with Crippen LogP contribution in [0.2, 0.25) is 0 Å². The number of carbonyl (C=O) groups is 2. The molecule has 3 rings (SSSR count). The van der Waals surface area contributed by atoms with Gasteiger partial charge in [-0.05, 0) is 11.6 Å². The van der Waals surface area contributed by atoms with Gasteiger partial charge in [-0.2, -0.15) is 0 Å². The van der Waals surface area contributed by atoms with Crippen molar-refractivity contribution >= 4 is 17.6 Å². The van der Waals surface area contributed by atoms with Crippen LogP contribution in [0.3, 0.4) is 0 Å². The Morgan fingerprint density at radius 2 is 1.92 bits per heavy atom. The van der Waals surface area contributed by atoms with E-state index in [0.29, 0.717) is 44.2 Å². The average molecular weight is 340 g/mol. The lowest BCUT2D eigenvalue weighted by Gasteiger charge is -2.34. The highest BCUT2D eigenvalue weighted by Gasteiger charge is 2.24. The van der Waals surface area contributed by atoms with Gasteiger partial charge in [-0.3, -0.25) is 14.6 Å². The second kappa shape index (κ2) is 7.69. The minimum absolute atomic E-state index is 0.0380. The minimum Gasteiger partial charge on any atom is -0.366 e. The normalized spacial score (nSPS) is 14.3. The molecule has 8 heteroatoms. The van der Waals surface area contributed by atoms with Crippen molar-refractivity contribution in [3.05, 3.63) is 48.2 Å². The van der Waals surface area contributed by atoms with Crippen molar-refractivity contribution in [1.82, 2.24) is 24.8 Å². The third-order valence-electron chi connectivity index (χ3n) is 4.09. The van der Waals surface area contributed by atoms with Gasteiger partial charge in [0.15, 0.2) is 0 Å². The molecule has 2 aromatic rings. The summed E-state index contributed by atoms with van der Waals surface area (Å²) in [6.07, 6.45) is 4.87. The number of hydrogen-bond donors (Lipinski definition) is 1. The molecule has 1 N–H and O–H groups in total. The molecule has 1 saturated heterocycles. The van der Waals surface area contributed by atoms with E-state index in [1.165, 1.54) is 6.33 Å². The molecule has 0 bridgehead atoms. The molecule has 1 aliphatic rings. The van der Waals surface area contributed by atoms with E-state index < -0.39 is 0 Å². The van der Waals surface area contributed by atoms with Crippen molar-refractivity contribution < 1.29 is 9.59 Å². The van der Waals surface area contributed by atoms with Gasteiger partial charge in [0.1, 0.15) is 17.8 Å². The summed E-state index contributed by atoms with van der Waals surface area (Å²) in [6.45, 7) is 4.25. The summed E-state index contributed by atoms with van der Waals surface area (Å²) in [4.78, 5) is 39.7. The van der Waals surface area contributed by atoms with Crippen LogP contribution in [-0.4, -0.2) is 62.7 Å². The highest BCUT2D eigenvalue weighted by Crippen LogP contribution is 2.11. The number of hydrogen-bond acceptors (Lipinski definition) is 6. The zero-order valence-corrected chi connectivity index (χ0v) is 14.1. The molecule has 25 heavy (non-hydrogen) atoms. The first-order chi connectivity index (χ1) is 12.1. The van der Waals surface area contributed by atoms with E-state index in [2.05, 4.69) is 20.3 Å². The summed E-state index contributed by atoms with van der Waals surface area (Å²) in [5.74, 6) is 0.482. The Bertz CT molecular complexity index is 744. The first-order valence-electron chi connectivity index (χ1n) is 8.13. The smallest absolute Gasteiger partial charge is 0.272 e. The van der Waals surface area contributed by atoms with E-state index in [-0.39, 0.29) is 11.8 Å². The molecule has 0 radical (unpaired) electrons. The van der Waals surface area contributed by atoms with Crippen LogP contribution in [0.5, 0.6) is 0 Å². The van der Waals surface area contributed by atoms with Crippen LogP contribution in [-0.2, 0) is 11.3 Å². The maximum Gasteiger partial charge on any atom is 0.272 e. The van der Waals surface area contributed by atoms with E-state index in [1.807, 2.05) is 12.1 Å². The molecule has 0 aromatic carbocycles. The number of nitrogens with zero attached hydrogens (tertiary/aromatic N) is 5. The second-order valence-corrected chi connectivity index (χ2v) is 5.80. The molecule has 2 aromatic heterocycles. The number of piperazine rings is 1. The van der Waals surface area contributed by atoms with Crippen molar-refractivity contribution in [2.24, 2.45) is 0 Å². The quantitative estimate of drug-likeness (QED) is 0.885. The summed E-state index contributed by atoms with van der Waals surface area (Å²) in [5.41, 5.74) is 1.37. The van der Waals surface area contributed by atoms with Crippen LogP contribution in [0.25, 0.3) is 0 Å². The molecule has 3 heterocycles. The maximum atomic E-state index is 12.6. The fraction of sp³-hybridized carbons (Fsp3) is 0.353. The van der Waals surface area contributed by atoms with Crippen LogP contribution < -0.4 is 5.32 Å². The van der Waals surface area contributed by atoms with E-state index in [1.54, 1.807) is 35.2 Å². The first-order valence-corrected chi connectivity index (χ1v) is 8.13. The Hall–Kier alpha value is -3.03. The Morgan fingerprint density at radius 1 is 1.16 bits per heavy atom. The Balaban J connectivity index is 1.61. The number of aromatic nitrogens is 3. The zero-order chi connectivity index (χ0) is 17.6. The maximum absolute atomic E-state index is 12.6. The van der Waals surface area contributed by atoms with Gasteiger partial charge < -0.3 is 15.1 Å². The number of rotatable bonds is 4. The van der Waals surface area contributed by atoms with Crippen molar-refractivity contribution in [3.8, 4) is 0 Å². The molecule has 1 fully saturated rings. The monoisotopic (exact) mass is 340 g/mol. The largest absolute Gasteiger partial charge is 0.366 e. The van der Waals surface area contributed by atoms with E-state index >= 15 is 0 Å². The van der Waals surface area contributed by atoms with E-state index in [0.717, 1.165) is 5.56 Å². The Labute approximate surface area is 145 Å². The molecular weight excluding hydrogens is 320 g/mol. The lowest BCUT2D eigenvalue weighted by atomic mass is 10.2. The molecule has 8 nitrogen and oxygen atoms in total. The topological polar surface area (TPSA) is 91.3 Å². The third kappa shape index (κ3) is 4.28. The van der Waals surface area contributed by atoms with Gasteiger partial charge in [-0.1, -0.05) is 6.07 Å². The summed E-state index contributed by atoms with van der Waals surface area (Å²) >= 11 is 0. The number of pyridine rings is 1. The first kappa shape index (κ1) is 16.8. The van der Waals surface area contributed by atoms with Crippen LogP contribution in [0.4, 0.5) is 5.82 Å². The third-order valence-corrected chi connectivity index (χ3v) is 4.09. The molecule has 0 spiro atoms. The second-order valence-electron chi connectivity index (χ2n) is 5.80.